The Labute approximate surface area is 122 Å². The molecule has 20 heavy (non-hydrogen) atoms. The molecule has 0 amide bonds. The summed E-state index contributed by atoms with van der Waals surface area (Å²) in [6, 6.07) is 8.17. The lowest BCUT2D eigenvalue weighted by molar-refractivity contribution is 0.326. The van der Waals surface area contributed by atoms with Crippen LogP contribution in [0.4, 0.5) is 5.69 Å². The highest BCUT2D eigenvalue weighted by Gasteiger charge is 2.21. The van der Waals surface area contributed by atoms with Gasteiger partial charge in [-0.25, -0.2) is 0 Å². The average Bonchev–Trinajstić information content (AvgIpc) is 2.85. The number of nitrogens with two attached hydrogens (primary N) is 1. The number of likely N-dealkylation sites (tertiary alicyclic amines) is 1. The molecule has 0 saturated carbocycles. The molecule has 1 heterocycles. The van der Waals surface area contributed by atoms with Crippen LogP contribution in [0.3, 0.4) is 0 Å². The van der Waals surface area contributed by atoms with Crippen LogP contribution in [-0.4, -0.2) is 37.0 Å². The highest BCUT2D eigenvalue weighted by atomic mass is 15.2. The number of hydrogen-bond acceptors (Lipinski definition) is 2. The van der Waals surface area contributed by atoms with Crippen LogP contribution in [0.15, 0.2) is 29.3 Å². The molecule has 1 unspecified atom stereocenters. The molecule has 1 aromatic carbocycles. The number of rotatable bonds is 5. The molecule has 1 aromatic rings. The fourth-order valence-corrected chi connectivity index (χ4v) is 2.72. The first-order valence-corrected chi connectivity index (χ1v) is 7.53. The van der Waals surface area contributed by atoms with Crippen LogP contribution in [0.2, 0.25) is 0 Å². The Bertz CT molecular complexity index is 456. The molecule has 4 nitrogen and oxygen atoms in total. The first-order chi connectivity index (χ1) is 9.67. The van der Waals surface area contributed by atoms with Crippen molar-refractivity contribution in [2.45, 2.75) is 26.7 Å². The summed E-state index contributed by atoms with van der Waals surface area (Å²) >= 11 is 0. The van der Waals surface area contributed by atoms with Crippen LogP contribution in [0.5, 0.6) is 0 Å². The molecule has 0 aromatic heterocycles. The van der Waals surface area contributed by atoms with Gasteiger partial charge in [0.1, 0.15) is 0 Å². The number of aryl methyl sites for hydroxylation is 1. The van der Waals surface area contributed by atoms with Crippen LogP contribution in [-0.2, 0) is 0 Å². The minimum absolute atomic E-state index is 0.518. The van der Waals surface area contributed by atoms with Gasteiger partial charge in [0.05, 0.1) is 0 Å². The van der Waals surface area contributed by atoms with Gasteiger partial charge in [-0.1, -0.05) is 19.1 Å². The number of anilines is 1. The summed E-state index contributed by atoms with van der Waals surface area (Å²) in [5.41, 5.74) is 8.17. The average molecular weight is 274 g/mol. The molecule has 110 valence electrons. The van der Waals surface area contributed by atoms with Crippen molar-refractivity contribution in [2.75, 3.05) is 31.5 Å². The Balaban J connectivity index is 1.80. The van der Waals surface area contributed by atoms with Crippen LogP contribution in [0.1, 0.15) is 25.3 Å². The van der Waals surface area contributed by atoms with Gasteiger partial charge in [0.25, 0.3) is 0 Å². The summed E-state index contributed by atoms with van der Waals surface area (Å²) in [6.45, 7) is 8.70. The number of hydrogen-bond donors (Lipinski definition) is 2. The Hall–Kier alpha value is -1.55. The van der Waals surface area contributed by atoms with Crippen molar-refractivity contribution in [3.63, 3.8) is 0 Å². The lowest BCUT2D eigenvalue weighted by Crippen LogP contribution is -2.25. The predicted octanol–water partition coefficient (Wildman–Crippen LogP) is 2.45. The standard InChI is InChI=1S/C16H26N4/c1-3-8-20-9-7-14(12-20)11-18-16(17)19-15-6-4-5-13(2)10-15/h4-6,10,14H,3,7-9,11-12H2,1-2H3,(H3,17,18,19). The van der Waals surface area contributed by atoms with Gasteiger partial charge < -0.3 is 16.0 Å². The van der Waals surface area contributed by atoms with Crippen molar-refractivity contribution in [1.29, 1.82) is 0 Å². The van der Waals surface area contributed by atoms with Crippen LogP contribution >= 0.6 is 0 Å². The SMILES string of the molecule is CCCN1CCC(CN=C(N)Nc2cccc(C)c2)C1. The quantitative estimate of drug-likeness (QED) is 0.640. The van der Waals surface area contributed by atoms with E-state index in [2.05, 4.69) is 41.2 Å². The Morgan fingerprint density at radius 1 is 1.50 bits per heavy atom. The van der Waals surface area contributed by atoms with E-state index in [4.69, 9.17) is 5.73 Å². The molecule has 3 N–H and O–H groups in total. The zero-order valence-electron chi connectivity index (χ0n) is 12.6. The van der Waals surface area contributed by atoms with Crippen molar-refractivity contribution in [3.8, 4) is 0 Å². The Kier molecular flexibility index (Phi) is 5.41. The maximum Gasteiger partial charge on any atom is 0.193 e. The normalized spacial score (nSPS) is 20.3. The van der Waals surface area contributed by atoms with E-state index < -0.39 is 0 Å². The summed E-state index contributed by atoms with van der Waals surface area (Å²) in [4.78, 5) is 7.00. The van der Waals surface area contributed by atoms with E-state index >= 15 is 0 Å². The van der Waals surface area contributed by atoms with Gasteiger partial charge in [-0.05, 0) is 56.5 Å². The first kappa shape index (κ1) is 14.9. The van der Waals surface area contributed by atoms with Crippen molar-refractivity contribution in [3.05, 3.63) is 29.8 Å². The monoisotopic (exact) mass is 274 g/mol. The fourth-order valence-electron chi connectivity index (χ4n) is 2.72. The molecule has 0 radical (unpaired) electrons. The third-order valence-corrected chi connectivity index (χ3v) is 3.72. The summed E-state index contributed by atoms with van der Waals surface area (Å²) in [6.07, 6.45) is 2.47. The third-order valence-electron chi connectivity index (χ3n) is 3.72. The van der Waals surface area contributed by atoms with Gasteiger partial charge in [-0.2, -0.15) is 0 Å². The van der Waals surface area contributed by atoms with Gasteiger partial charge in [0.2, 0.25) is 0 Å². The van der Waals surface area contributed by atoms with Crippen molar-refractivity contribution in [2.24, 2.45) is 16.6 Å². The van der Waals surface area contributed by atoms with E-state index in [1.54, 1.807) is 0 Å². The van der Waals surface area contributed by atoms with Gasteiger partial charge in [-0.3, -0.25) is 4.99 Å². The highest BCUT2D eigenvalue weighted by molar-refractivity contribution is 5.92. The largest absolute Gasteiger partial charge is 0.370 e. The smallest absolute Gasteiger partial charge is 0.193 e. The molecule has 0 bridgehead atoms. The van der Waals surface area contributed by atoms with Gasteiger partial charge in [0, 0.05) is 18.8 Å². The summed E-state index contributed by atoms with van der Waals surface area (Å²) < 4.78 is 0. The highest BCUT2D eigenvalue weighted by Crippen LogP contribution is 2.16. The maximum absolute atomic E-state index is 5.95. The Morgan fingerprint density at radius 3 is 3.10 bits per heavy atom. The number of nitrogens with one attached hydrogen (secondary N) is 1. The number of nitrogens with zero attached hydrogens (tertiary/aromatic N) is 2. The third kappa shape index (κ3) is 4.53. The van der Waals surface area contributed by atoms with Crippen molar-refractivity contribution in [1.82, 2.24) is 4.90 Å². The Morgan fingerprint density at radius 2 is 2.35 bits per heavy atom. The zero-order valence-corrected chi connectivity index (χ0v) is 12.6. The van der Waals surface area contributed by atoms with E-state index in [-0.39, 0.29) is 0 Å². The lowest BCUT2D eigenvalue weighted by Gasteiger charge is -2.13. The number of aliphatic imine (C=N–C) groups is 1. The molecule has 0 aliphatic carbocycles. The molecular weight excluding hydrogens is 248 g/mol. The topological polar surface area (TPSA) is 53.6 Å². The maximum atomic E-state index is 5.95. The zero-order chi connectivity index (χ0) is 14.4. The molecule has 0 spiro atoms. The summed E-state index contributed by atoms with van der Waals surface area (Å²) in [7, 11) is 0. The number of guanidine groups is 1. The second-order valence-corrected chi connectivity index (χ2v) is 5.68. The summed E-state index contributed by atoms with van der Waals surface area (Å²) in [5.74, 6) is 1.17. The second-order valence-electron chi connectivity index (χ2n) is 5.68. The van der Waals surface area contributed by atoms with Crippen LogP contribution in [0, 0.1) is 12.8 Å². The molecule has 1 saturated heterocycles. The van der Waals surface area contributed by atoms with Crippen molar-refractivity contribution >= 4 is 11.6 Å². The molecule has 4 heteroatoms. The van der Waals surface area contributed by atoms with E-state index in [1.165, 1.54) is 31.5 Å². The van der Waals surface area contributed by atoms with Crippen LogP contribution < -0.4 is 11.1 Å². The van der Waals surface area contributed by atoms with Gasteiger partial charge >= 0.3 is 0 Å². The van der Waals surface area contributed by atoms with Gasteiger partial charge in [0.15, 0.2) is 5.96 Å². The van der Waals surface area contributed by atoms with E-state index in [1.807, 2.05) is 12.1 Å². The molecule has 2 rings (SSSR count). The molecule has 1 atom stereocenters. The fraction of sp³-hybridized carbons (Fsp3) is 0.562. The minimum Gasteiger partial charge on any atom is -0.370 e. The van der Waals surface area contributed by atoms with Gasteiger partial charge in [-0.15, -0.1) is 0 Å². The van der Waals surface area contributed by atoms with Crippen LogP contribution in [0.25, 0.3) is 0 Å². The van der Waals surface area contributed by atoms with E-state index in [0.717, 1.165) is 18.8 Å². The molecular formula is C16H26N4. The minimum atomic E-state index is 0.518. The van der Waals surface area contributed by atoms with E-state index in [0.29, 0.717) is 11.9 Å². The van der Waals surface area contributed by atoms with E-state index in [9.17, 15) is 0 Å². The number of benzene rings is 1. The first-order valence-electron chi connectivity index (χ1n) is 7.53. The molecule has 1 aliphatic heterocycles. The molecule has 1 aliphatic rings. The lowest BCUT2D eigenvalue weighted by atomic mass is 10.1. The van der Waals surface area contributed by atoms with Crippen molar-refractivity contribution < 1.29 is 0 Å². The molecule has 1 fully saturated rings. The summed E-state index contributed by atoms with van der Waals surface area (Å²) in [5, 5.41) is 3.16. The second kappa shape index (κ2) is 7.29. The predicted molar refractivity (Wildman–Crippen MR) is 86.1 cm³/mol.